The minimum atomic E-state index is 0.346. The first kappa shape index (κ1) is 21.0. The van der Waals surface area contributed by atoms with E-state index in [1.807, 2.05) is 48.5 Å². The van der Waals surface area contributed by atoms with Crippen molar-refractivity contribution >= 4 is 45.7 Å². The number of hydrogen-bond acceptors (Lipinski definition) is 9. The van der Waals surface area contributed by atoms with Crippen molar-refractivity contribution in [3.05, 3.63) is 58.6 Å². The molecule has 4 rings (SSSR count). The Hall–Kier alpha value is -3.24. The molecule has 0 saturated carbocycles. The maximum Gasteiger partial charge on any atom is 0.250 e. The number of nitrogens with zero attached hydrogens (tertiary/aromatic N) is 5. The quantitative estimate of drug-likeness (QED) is 0.388. The second-order valence-corrected chi connectivity index (χ2v) is 7.58. The number of ether oxygens (including phenoxy) is 2. The Bertz CT molecular complexity index is 1040. The van der Waals surface area contributed by atoms with E-state index in [-0.39, 0.29) is 0 Å². The molecule has 0 spiro atoms. The zero-order chi connectivity index (χ0) is 21.5. The highest BCUT2D eigenvalue weighted by Gasteiger charge is 2.16. The van der Waals surface area contributed by atoms with Crippen LogP contribution in [-0.4, -0.2) is 54.6 Å². The highest BCUT2D eigenvalue weighted by atomic mass is 79.9. The van der Waals surface area contributed by atoms with Crippen LogP contribution in [0.1, 0.15) is 5.56 Å². The maximum absolute atomic E-state index is 5.44. The molecule has 31 heavy (non-hydrogen) atoms. The van der Waals surface area contributed by atoms with Gasteiger partial charge in [-0.2, -0.15) is 20.1 Å². The van der Waals surface area contributed by atoms with E-state index in [2.05, 4.69) is 51.6 Å². The van der Waals surface area contributed by atoms with Gasteiger partial charge >= 0.3 is 0 Å². The number of hydrogen-bond donors (Lipinski definition) is 2. The molecule has 2 aromatic carbocycles. The molecule has 0 amide bonds. The molecule has 1 aliphatic rings. The first-order valence-corrected chi connectivity index (χ1v) is 10.5. The molecular weight excluding hydrogens is 462 g/mol. The minimum absolute atomic E-state index is 0.346. The van der Waals surface area contributed by atoms with Gasteiger partial charge < -0.3 is 19.7 Å². The molecule has 3 aromatic rings. The average Bonchev–Trinajstić information content (AvgIpc) is 2.80. The monoisotopic (exact) mass is 483 g/mol. The van der Waals surface area contributed by atoms with Crippen molar-refractivity contribution in [2.24, 2.45) is 5.10 Å². The van der Waals surface area contributed by atoms with E-state index in [4.69, 9.17) is 9.47 Å². The third kappa shape index (κ3) is 5.89. The minimum Gasteiger partial charge on any atom is -0.497 e. The average molecular weight is 484 g/mol. The summed E-state index contributed by atoms with van der Waals surface area (Å²) in [6, 6.07) is 15.4. The smallest absolute Gasteiger partial charge is 0.250 e. The second kappa shape index (κ2) is 10.2. The van der Waals surface area contributed by atoms with Crippen LogP contribution in [0.4, 0.5) is 23.5 Å². The van der Waals surface area contributed by atoms with Crippen molar-refractivity contribution in [2.75, 3.05) is 49.1 Å². The number of halogens is 1. The summed E-state index contributed by atoms with van der Waals surface area (Å²) in [6.07, 6.45) is 1.69. The van der Waals surface area contributed by atoms with Gasteiger partial charge in [0.15, 0.2) is 0 Å². The maximum atomic E-state index is 5.44. The SMILES string of the molecule is COc1ccc(C=NNc2nc(Nc3cccc(Br)c3)nc(N3CCOCC3)n2)cc1. The Morgan fingerprint density at radius 2 is 1.84 bits per heavy atom. The van der Waals surface area contributed by atoms with E-state index in [1.54, 1.807) is 13.3 Å². The van der Waals surface area contributed by atoms with Gasteiger partial charge in [0, 0.05) is 23.2 Å². The number of hydrazone groups is 1. The van der Waals surface area contributed by atoms with Crippen molar-refractivity contribution in [1.82, 2.24) is 15.0 Å². The lowest BCUT2D eigenvalue weighted by Gasteiger charge is -2.27. The molecule has 1 aromatic heterocycles. The Labute approximate surface area is 188 Å². The summed E-state index contributed by atoms with van der Waals surface area (Å²) in [5.41, 5.74) is 4.69. The molecule has 0 bridgehead atoms. The molecule has 1 aliphatic heterocycles. The van der Waals surface area contributed by atoms with E-state index in [0.717, 1.165) is 34.6 Å². The van der Waals surface area contributed by atoms with Gasteiger partial charge in [-0.25, -0.2) is 5.43 Å². The molecule has 160 valence electrons. The predicted octanol–water partition coefficient (Wildman–Crippen LogP) is 3.67. The van der Waals surface area contributed by atoms with Crippen molar-refractivity contribution < 1.29 is 9.47 Å². The van der Waals surface area contributed by atoms with Crippen molar-refractivity contribution in [3.8, 4) is 5.75 Å². The molecule has 0 unspecified atom stereocenters. The normalized spacial score (nSPS) is 13.9. The van der Waals surface area contributed by atoms with Gasteiger partial charge in [0.2, 0.25) is 17.8 Å². The Kier molecular flexibility index (Phi) is 6.90. The van der Waals surface area contributed by atoms with Gasteiger partial charge in [0.25, 0.3) is 0 Å². The molecule has 0 aliphatic carbocycles. The van der Waals surface area contributed by atoms with Crippen LogP contribution in [0.2, 0.25) is 0 Å². The molecule has 10 heteroatoms. The topological polar surface area (TPSA) is 96.8 Å². The summed E-state index contributed by atoms with van der Waals surface area (Å²) < 4.78 is 11.6. The van der Waals surface area contributed by atoms with Crippen LogP contribution in [0.15, 0.2) is 58.1 Å². The largest absolute Gasteiger partial charge is 0.497 e. The van der Waals surface area contributed by atoms with Gasteiger partial charge in [0.1, 0.15) is 5.75 Å². The van der Waals surface area contributed by atoms with Crippen LogP contribution >= 0.6 is 15.9 Å². The fraction of sp³-hybridized carbons (Fsp3) is 0.238. The van der Waals surface area contributed by atoms with Gasteiger partial charge in [-0.1, -0.05) is 22.0 Å². The summed E-state index contributed by atoms with van der Waals surface area (Å²) in [5, 5.41) is 7.50. The van der Waals surface area contributed by atoms with E-state index in [9.17, 15) is 0 Å². The highest BCUT2D eigenvalue weighted by molar-refractivity contribution is 9.10. The Morgan fingerprint density at radius 1 is 1.06 bits per heavy atom. The molecule has 0 atom stereocenters. The lowest BCUT2D eigenvalue weighted by Crippen LogP contribution is -2.37. The van der Waals surface area contributed by atoms with Gasteiger partial charge in [-0.05, 0) is 48.0 Å². The standard InChI is InChI=1S/C21H22BrN7O2/c1-30-18-7-5-15(6-8-18)14-23-28-20-25-19(24-17-4-2-3-16(22)13-17)26-21(27-20)29-9-11-31-12-10-29/h2-8,13-14H,9-12H2,1H3,(H2,24,25,26,27,28). The first-order valence-electron chi connectivity index (χ1n) is 9.74. The molecule has 2 N–H and O–H groups in total. The molecule has 0 radical (unpaired) electrons. The van der Waals surface area contributed by atoms with Gasteiger partial charge in [-0.3, -0.25) is 0 Å². The van der Waals surface area contributed by atoms with Crippen LogP contribution in [0.25, 0.3) is 0 Å². The summed E-state index contributed by atoms with van der Waals surface area (Å²) in [6.45, 7) is 2.71. The van der Waals surface area contributed by atoms with E-state index in [0.29, 0.717) is 31.1 Å². The number of nitrogens with one attached hydrogen (secondary N) is 2. The molecule has 9 nitrogen and oxygen atoms in total. The van der Waals surface area contributed by atoms with Gasteiger partial charge in [0.05, 0.1) is 26.5 Å². The zero-order valence-electron chi connectivity index (χ0n) is 17.0. The summed E-state index contributed by atoms with van der Waals surface area (Å²) in [4.78, 5) is 15.6. The number of methoxy groups -OCH3 is 1. The van der Waals surface area contributed by atoms with Gasteiger partial charge in [-0.15, -0.1) is 0 Å². The van der Waals surface area contributed by atoms with E-state index in [1.165, 1.54) is 0 Å². The van der Waals surface area contributed by atoms with Crippen molar-refractivity contribution in [2.45, 2.75) is 0 Å². The van der Waals surface area contributed by atoms with Crippen LogP contribution < -0.4 is 20.4 Å². The first-order chi connectivity index (χ1) is 15.2. The molecule has 1 saturated heterocycles. The third-order valence-electron chi connectivity index (χ3n) is 4.49. The fourth-order valence-corrected chi connectivity index (χ4v) is 3.32. The van der Waals surface area contributed by atoms with Crippen LogP contribution in [-0.2, 0) is 4.74 Å². The second-order valence-electron chi connectivity index (χ2n) is 6.66. The fourth-order valence-electron chi connectivity index (χ4n) is 2.93. The lowest BCUT2D eigenvalue weighted by molar-refractivity contribution is 0.122. The van der Waals surface area contributed by atoms with E-state index < -0.39 is 0 Å². The lowest BCUT2D eigenvalue weighted by atomic mass is 10.2. The summed E-state index contributed by atoms with van der Waals surface area (Å²) in [7, 11) is 1.64. The number of anilines is 4. The molecular formula is C21H22BrN7O2. The third-order valence-corrected chi connectivity index (χ3v) is 4.99. The van der Waals surface area contributed by atoms with Crippen LogP contribution in [0, 0.1) is 0 Å². The number of morpholine rings is 1. The number of rotatable bonds is 7. The van der Waals surface area contributed by atoms with E-state index >= 15 is 0 Å². The van der Waals surface area contributed by atoms with Crippen LogP contribution in [0.3, 0.4) is 0 Å². The number of benzene rings is 2. The Morgan fingerprint density at radius 3 is 2.58 bits per heavy atom. The summed E-state index contributed by atoms with van der Waals surface area (Å²) in [5.74, 6) is 2.13. The van der Waals surface area contributed by atoms with Crippen molar-refractivity contribution in [3.63, 3.8) is 0 Å². The molecule has 1 fully saturated rings. The predicted molar refractivity (Wildman–Crippen MR) is 124 cm³/mol. The van der Waals surface area contributed by atoms with Crippen LogP contribution in [0.5, 0.6) is 5.75 Å². The van der Waals surface area contributed by atoms with Crippen molar-refractivity contribution in [1.29, 1.82) is 0 Å². The summed E-state index contributed by atoms with van der Waals surface area (Å²) >= 11 is 3.48. The molecule has 2 heterocycles. The number of aromatic nitrogens is 3. The highest BCUT2D eigenvalue weighted by Crippen LogP contribution is 2.21. The zero-order valence-corrected chi connectivity index (χ0v) is 18.5. The Balaban J connectivity index is 1.55.